The summed E-state index contributed by atoms with van der Waals surface area (Å²) in [7, 11) is 0. The first-order valence-electron chi connectivity index (χ1n) is 4.72. The van der Waals surface area contributed by atoms with Gasteiger partial charge in [-0.25, -0.2) is 0 Å². The summed E-state index contributed by atoms with van der Waals surface area (Å²) >= 11 is 7.01. The van der Waals surface area contributed by atoms with Crippen LogP contribution in [0.15, 0.2) is 22.7 Å². The smallest absolute Gasteiger partial charge is 0.123 e. The van der Waals surface area contributed by atoms with Gasteiger partial charge in [0.05, 0.1) is 0 Å². The van der Waals surface area contributed by atoms with E-state index in [-0.39, 0.29) is 0 Å². The summed E-state index contributed by atoms with van der Waals surface area (Å²) in [6.07, 6.45) is 2.63. The second kappa shape index (κ2) is 4.23. The van der Waals surface area contributed by atoms with Crippen molar-refractivity contribution in [3.63, 3.8) is 0 Å². The number of aryl methyl sites for hydroxylation is 1. The maximum atomic E-state index is 5.87. The molecule has 0 saturated heterocycles. The first kappa shape index (κ1) is 10.5. The van der Waals surface area contributed by atoms with Gasteiger partial charge < -0.3 is 4.74 Å². The lowest BCUT2D eigenvalue weighted by molar-refractivity contribution is 0.127. The van der Waals surface area contributed by atoms with E-state index in [2.05, 4.69) is 44.8 Å². The average molecular weight is 320 g/mol. The van der Waals surface area contributed by atoms with Gasteiger partial charge in [0.15, 0.2) is 0 Å². The molecule has 0 bridgehead atoms. The van der Waals surface area contributed by atoms with Crippen molar-refractivity contribution in [1.29, 1.82) is 0 Å². The van der Waals surface area contributed by atoms with Gasteiger partial charge in [0.1, 0.15) is 11.9 Å². The van der Waals surface area contributed by atoms with Gasteiger partial charge >= 0.3 is 0 Å². The predicted octanol–water partition coefficient (Wildman–Crippen LogP) is 4.06. The Labute approximate surface area is 101 Å². The van der Waals surface area contributed by atoms with Crippen molar-refractivity contribution >= 4 is 31.9 Å². The van der Waals surface area contributed by atoms with Crippen LogP contribution in [0.3, 0.4) is 0 Å². The van der Waals surface area contributed by atoms with Crippen molar-refractivity contribution in [3.05, 3.63) is 28.2 Å². The fourth-order valence-electron chi connectivity index (χ4n) is 1.48. The van der Waals surface area contributed by atoms with Crippen molar-refractivity contribution in [2.24, 2.45) is 0 Å². The lowest BCUT2D eigenvalue weighted by Gasteiger charge is -2.32. The minimum Gasteiger partial charge on any atom is -0.490 e. The van der Waals surface area contributed by atoms with Crippen LogP contribution in [0.4, 0.5) is 0 Å². The molecule has 1 saturated carbocycles. The van der Waals surface area contributed by atoms with Gasteiger partial charge in [0.25, 0.3) is 0 Å². The predicted molar refractivity (Wildman–Crippen MR) is 65.2 cm³/mol. The molecule has 0 aliphatic heterocycles. The zero-order chi connectivity index (χ0) is 10.1. The highest BCUT2D eigenvalue weighted by Gasteiger charge is 2.28. The van der Waals surface area contributed by atoms with Crippen LogP contribution in [0, 0.1) is 6.92 Å². The number of benzene rings is 1. The van der Waals surface area contributed by atoms with Gasteiger partial charge in [0, 0.05) is 9.30 Å². The molecule has 0 spiro atoms. The van der Waals surface area contributed by atoms with Gasteiger partial charge in [0.2, 0.25) is 0 Å². The molecular weight excluding hydrogens is 308 g/mol. The maximum Gasteiger partial charge on any atom is 0.123 e. The summed E-state index contributed by atoms with van der Waals surface area (Å²) in [4.78, 5) is 0.653. The van der Waals surface area contributed by atoms with Crippen LogP contribution in [0.1, 0.15) is 18.4 Å². The Kier molecular flexibility index (Phi) is 3.17. The SMILES string of the molecule is Cc1ccc(Br)cc1OC1CC(Br)C1. The van der Waals surface area contributed by atoms with E-state index in [1.54, 1.807) is 0 Å². The van der Waals surface area contributed by atoms with Crippen LogP contribution in [0.2, 0.25) is 0 Å². The Morgan fingerprint density at radius 2 is 2.07 bits per heavy atom. The lowest BCUT2D eigenvalue weighted by Crippen LogP contribution is -2.34. The zero-order valence-electron chi connectivity index (χ0n) is 7.97. The number of rotatable bonds is 2. The van der Waals surface area contributed by atoms with Crippen LogP contribution in [0.5, 0.6) is 5.75 Å². The lowest BCUT2D eigenvalue weighted by atomic mass is 9.96. The molecule has 76 valence electrons. The summed E-state index contributed by atoms with van der Waals surface area (Å²) in [6.45, 7) is 2.08. The van der Waals surface area contributed by atoms with E-state index in [9.17, 15) is 0 Å². The van der Waals surface area contributed by atoms with Gasteiger partial charge in [-0.2, -0.15) is 0 Å². The molecule has 0 radical (unpaired) electrons. The Morgan fingerprint density at radius 3 is 2.71 bits per heavy atom. The Balaban J connectivity index is 2.05. The Hall–Kier alpha value is -0.0200. The standard InChI is InChI=1S/C11H12Br2O/c1-7-2-3-8(12)6-11(7)14-10-4-9(13)5-10/h2-3,6,9-10H,4-5H2,1H3. The molecule has 0 heterocycles. The third-order valence-electron chi connectivity index (χ3n) is 2.48. The van der Waals surface area contributed by atoms with Crippen LogP contribution >= 0.6 is 31.9 Å². The highest BCUT2D eigenvalue weighted by atomic mass is 79.9. The summed E-state index contributed by atoms with van der Waals surface area (Å²) in [5.41, 5.74) is 1.20. The van der Waals surface area contributed by atoms with E-state index in [0.717, 1.165) is 23.1 Å². The first-order chi connectivity index (χ1) is 6.65. The quantitative estimate of drug-likeness (QED) is 0.747. The molecule has 0 aromatic heterocycles. The number of alkyl halides is 1. The molecule has 0 N–H and O–H groups in total. The molecule has 1 nitrogen and oxygen atoms in total. The molecule has 0 unspecified atom stereocenters. The van der Waals surface area contributed by atoms with Crippen LogP contribution in [-0.2, 0) is 0 Å². The number of ether oxygens (including phenoxy) is 1. The maximum absolute atomic E-state index is 5.87. The summed E-state index contributed by atoms with van der Waals surface area (Å²) in [5.74, 6) is 1.00. The van der Waals surface area contributed by atoms with Crippen LogP contribution < -0.4 is 4.74 Å². The fraction of sp³-hybridized carbons (Fsp3) is 0.455. The van der Waals surface area contributed by atoms with E-state index in [1.807, 2.05) is 12.1 Å². The summed E-state index contributed by atoms with van der Waals surface area (Å²) in [6, 6.07) is 6.15. The topological polar surface area (TPSA) is 9.23 Å². The minimum absolute atomic E-state index is 0.396. The largest absolute Gasteiger partial charge is 0.490 e. The molecule has 2 rings (SSSR count). The first-order valence-corrected chi connectivity index (χ1v) is 6.43. The number of hydrogen-bond acceptors (Lipinski definition) is 1. The zero-order valence-corrected chi connectivity index (χ0v) is 11.1. The second-order valence-electron chi connectivity index (χ2n) is 3.72. The molecule has 1 aliphatic rings. The van der Waals surface area contributed by atoms with Gasteiger partial charge in [-0.1, -0.05) is 37.9 Å². The van der Waals surface area contributed by atoms with E-state index in [4.69, 9.17) is 4.74 Å². The normalized spacial score (nSPS) is 25.6. The van der Waals surface area contributed by atoms with Crippen molar-refractivity contribution in [2.45, 2.75) is 30.7 Å². The average Bonchev–Trinajstić information content (AvgIpc) is 2.09. The van der Waals surface area contributed by atoms with Gasteiger partial charge in [-0.05, 0) is 37.5 Å². The van der Waals surface area contributed by atoms with Gasteiger partial charge in [-0.3, -0.25) is 0 Å². The highest BCUT2D eigenvalue weighted by molar-refractivity contribution is 9.10. The number of halogens is 2. The third kappa shape index (κ3) is 2.31. The summed E-state index contributed by atoms with van der Waals surface area (Å²) < 4.78 is 6.95. The van der Waals surface area contributed by atoms with E-state index in [0.29, 0.717) is 10.9 Å². The molecule has 0 atom stereocenters. The Bertz CT molecular complexity index is 332. The minimum atomic E-state index is 0.396. The van der Waals surface area contributed by atoms with Crippen molar-refractivity contribution in [1.82, 2.24) is 0 Å². The molecular formula is C11H12Br2O. The second-order valence-corrected chi connectivity index (χ2v) is 5.93. The molecule has 0 amide bonds. The summed E-state index contributed by atoms with van der Waals surface area (Å²) in [5, 5.41) is 0. The monoisotopic (exact) mass is 318 g/mol. The van der Waals surface area contributed by atoms with Crippen LogP contribution in [0.25, 0.3) is 0 Å². The van der Waals surface area contributed by atoms with Crippen LogP contribution in [-0.4, -0.2) is 10.9 Å². The highest BCUT2D eigenvalue weighted by Crippen LogP contribution is 2.33. The molecule has 3 heteroatoms. The number of hydrogen-bond donors (Lipinski definition) is 0. The molecule has 1 aromatic carbocycles. The van der Waals surface area contributed by atoms with Crippen molar-refractivity contribution < 1.29 is 4.74 Å². The molecule has 14 heavy (non-hydrogen) atoms. The van der Waals surface area contributed by atoms with E-state index >= 15 is 0 Å². The molecule has 1 fully saturated rings. The molecule has 1 aromatic rings. The van der Waals surface area contributed by atoms with E-state index < -0.39 is 0 Å². The van der Waals surface area contributed by atoms with E-state index in [1.165, 1.54) is 5.56 Å². The third-order valence-corrected chi connectivity index (χ3v) is 3.72. The van der Waals surface area contributed by atoms with Gasteiger partial charge in [-0.15, -0.1) is 0 Å². The molecule has 1 aliphatic carbocycles. The Morgan fingerprint density at radius 1 is 1.36 bits per heavy atom. The fourth-order valence-corrected chi connectivity index (χ4v) is 2.65. The van der Waals surface area contributed by atoms with Crippen molar-refractivity contribution in [2.75, 3.05) is 0 Å². The van der Waals surface area contributed by atoms with Crippen molar-refractivity contribution in [3.8, 4) is 5.75 Å².